The number of imidazole rings is 1. The van der Waals surface area contributed by atoms with Crippen molar-refractivity contribution in [2.75, 3.05) is 0 Å². The van der Waals surface area contributed by atoms with Crippen LogP contribution in [0.4, 0.5) is 4.79 Å². The van der Waals surface area contributed by atoms with E-state index in [0.717, 1.165) is 9.75 Å². The second-order valence-corrected chi connectivity index (χ2v) is 5.88. The van der Waals surface area contributed by atoms with Gasteiger partial charge >= 0.3 is 12.0 Å². The van der Waals surface area contributed by atoms with Gasteiger partial charge in [0.15, 0.2) is 0 Å². The minimum Gasteiger partial charge on any atom is -0.480 e. The maximum atomic E-state index is 11.8. The van der Waals surface area contributed by atoms with Crippen molar-refractivity contribution in [1.82, 2.24) is 20.6 Å². The number of hydrogen-bond donors (Lipinski definition) is 4. The maximum Gasteiger partial charge on any atom is 0.326 e. The molecular weight excluding hydrogens is 292 g/mol. The number of carbonyl (C=O) groups is 2. The van der Waals surface area contributed by atoms with Crippen molar-refractivity contribution in [1.29, 1.82) is 0 Å². The predicted octanol–water partition coefficient (Wildman–Crippen LogP) is 1.27. The number of aromatic amines is 1. The molecule has 0 unspecified atom stereocenters. The van der Waals surface area contributed by atoms with Gasteiger partial charge in [0, 0.05) is 28.1 Å². The molecule has 21 heavy (non-hydrogen) atoms. The summed E-state index contributed by atoms with van der Waals surface area (Å²) in [5.74, 6) is -1.09. The quantitative estimate of drug-likeness (QED) is 0.644. The summed E-state index contributed by atoms with van der Waals surface area (Å²) in [5, 5.41) is 14.2. The lowest BCUT2D eigenvalue weighted by atomic mass is 10.2. The van der Waals surface area contributed by atoms with Gasteiger partial charge in [-0.1, -0.05) is 0 Å². The summed E-state index contributed by atoms with van der Waals surface area (Å²) in [6.45, 7) is 2.36. The third kappa shape index (κ3) is 4.60. The van der Waals surface area contributed by atoms with E-state index in [1.54, 1.807) is 11.3 Å². The van der Waals surface area contributed by atoms with Gasteiger partial charge in [0.2, 0.25) is 0 Å². The number of nitrogens with zero attached hydrogens (tertiary/aromatic N) is 1. The SMILES string of the molecule is Cc1ccc(CNC(=O)N[C@H](Cc2cnc[nH]2)C(=O)O)s1. The zero-order valence-corrected chi connectivity index (χ0v) is 12.2. The largest absolute Gasteiger partial charge is 0.480 e. The molecule has 2 aromatic heterocycles. The first-order chi connectivity index (χ1) is 10.0. The van der Waals surface area contributed by atoms with Crippen molar-refractivity contribution in [2.24, 2.45) is 0 Å². The monoisotopic (exact) mass is 308 g/mol. The number of aryl methyl sites for hydroxylation is 1. The van der Waals surface area contributed by atoms with E-state index in [1.165, 1.54) is 12.5 Å². The molecule has 112 valence electrons. The van der Waals surface area contributed by atoms with Crippen LogP contribution < -0.4 is 10.6 Å². The van der Waals surface area contributed by atoms with E-state index < -0.39 is 18.0 Å². The number of carbonyl (C=O) groups excluding carboxylic acids is 1. The summed E-state index contributed by atoms with van der Waals surface area (Å²) in [6.07, 6.45) is 3.15. The Balaban J connectivity index is 1.84. The highest BCUT2D eigenvalue weighted by atomic mass is 32.1. The van der Waals surface area contributed by atoms with Crippen LogP contribution in [0.3, 0.4) is 0 Å². The third-order valence-electron chi connectivity index (χ3n) is 2.80. The van der Waals surface area contributed by atoms with Gasteiger partial charge in [-0.15, -0.1) is 11.3 Å². The zero-order chi connectivity index (χ0) is 15.2. The van der Waals surface area contributed by atoms with Crippen LogP contribution >= 0.6 is 11.3 Å². The summed E-state index contributed by atoms with van der Waals surface area (Å²) in [7, 11) is 0. The van der Waals surface area contributed by atoms with E-state index in [-0.39, 0.29) is 6.42 Å². The van der Waals surface area contributed by atoms with Crippen LogP contribution in [0, 0.1) is 6.92 Å². The number of carboxylic acid groups (broad SMARTS) is 1. The van der Waals surface area contributed by atoms with Crippen molar-refractivity contribution in [2.45, 2.75) is 25.9 Å². The third-order valence-corrected chi connectivity index (χ3v) is 3.80. The van der Waals surface area contributed by atoms with E-state index in [9.17, 15) is 9.59 Å². The molecule has 2 heterocycles. The van der Waals surface area contributed by atoms with Crippen LogP contribution in [0.2, 0.25) is 0 Å². The van der Waals surface area contributed by atoms with Gasteiger partial charge in [0.1, 0.15) is 6.04 Å². The van der Waals surface area contributed by atoms with Crippen molar-refractivity contribution in [3.05, 3.63) is 40.1 Å². The van der Waals surface area contributed by atoms with Crippen molar-refractivity contribution < 1.29 is 14.7 Å². The van der Waals surface area contributed by atoms with Crippen LogP contribution in [0.5, 0.6) is 0 Å². The molecule has 0 saturated carbocycles. The topological polar surface area (TPSA) is 107 Å². The Morgan fingerprint density at radius 2 is 2.29 bits per heavy atom. The summed E-state index contributed by atoms with van der Waals surface area (Å²) in [5.41, 5.74) is 0.650. The lowest BCUT2D eigenvalue weighted by Crippen LogP contribution is -2.46. The lowest BCUT2D eigenvalue weighted by Gasteiger charge is -2.14. The number of thiophene rings is 1. The Morgan fingerprint density at radius 3 is 2.86 bits per heavy atom. The smallest absolute Gasteiger partial charge is 0.326 e. The van der Waals surface area contributed by atoms with Crippen LogP contribution in [-0.2, 0) is 17.8 Å². The zero-order valence-electron chi connectivity index (χ0n) is 11.4. The van der Waals surface area contributed by atoms with Crippen molar-refractivity contribution in [3.8, 4) is 0 Å². The molecule has 0 aliphatic rings. The predicted molar refractivity (Wildman–Crippen MR) is 78.1 cm³/mol. The summed E-state index contributed by atoms with van der Waals surface area (Å²) in [6, 6.07) is 2.39. The number of carboxylic acids is 1. The molecule has 0 saturated heterocycles. The normalized spacial score (nSPS) is 11.9. The Morgan fingerprint density at radius 1 is 1.48 bits per heavy atom. The molecule has 7 nitrogen and oxygen atoms in total. The van der Waals surface area contributed by atoms with Crippen LogP contribution in [0.1, 0.15) is 15.4 Å². The molecule has 0 bridgehead atoms. The molecule has 0 aliphatic carbocycles. The minimum absolute atomic E-state index is 0.154. The van der Waals surface area contributed by atoms with Gasteiger partial charge in [0.05, 0.1) is 12.9 Å². The fourth-order valence-electron chi connectivity index (χ4n) is 1.77. The van der Waals surface area contributed by atoms with E-state index in [2.05, 4.69) is 20.6 Å². The lowest BCUT2D eigenvalue weighted by molar-refractivity contribution is -0.139. The number of urea groups is 1. The molecule has 0 radical (unpaired) electrons. The molecule has 4 N–H and O–H groups in total. The highest BCUT2D eigenvalue weighted by molar-refractivity contribution is 7.11. The summed E-state index contributed by atoms with van der Waals surface area (Å²) >= 11 is 1.59. The number of aliphatic carboxylic acids is 1. The van der Waals surface area contributed by atoms with Crippen molar-refractivity contribution in [3.63, 3.8) is 0 Å². The van der Waals surface area contributed by atoms with Gasteiger partial charge in [-0.05, 0) is 19.1 Å². The second-order valence-electron chi connectivity index (χ2n) is 4.51. The standard InChI is InChI=1S/C13H16N4O3S/c1-8-2-3-10(21-8)6-15-13(20)17-11(12(18)19)4-9-5-14-7-16-9/h2-3,5,7,11H,4,6H2,1H3,(H,14,16)(H,18,19)(H2,15,17,20)/t11-/m1/s1. The first-order valence-corrected chi connectivity index (χ1v) is 7.16. The van der Waals surface area contributed by atoms with Gasteiger partial charge in [-0.25, -0.2) is 14.6 Å². The Bertz CT molecular complexity index is 609. The summed E-state index contributed by atoms with van der Waals surface area (Å²) in [4.78, 5) is 31.7. The number of amides is 2. The van der Waals surface area contributed by atoms with E-state index in [1.807, 2.05) is 19.1 Å². The number of rotatable bonds is 6. The van der Waals surface area contributed by atoms with Gasteiger partial charge in [-0.2, -0.15) is 0 Å². The maximum absolute atomic E-state index is 11.8. The van der Waals surface area contributed by atoms with Gasteiger partial charge in [-0.3, -0.25) is 0 Å². The number of hydrogen-bond acceptors (Lipinski definition) is 4. The molecule has 2 rings (SSSR count). The van der Waals surface area contributed by atoms with Crippen LogP contribution in [0.25, 0.3) is 0 Å². The summed E-state index contributed by atoms with van der Waals surface area (Å²) < 4.78 is 0. The Hall–Kier alpha value is -2.35. The molecular formula is C13H16N4O3S. The fourth-order valence-corrected chi connectivity index (χ4v) is 2.60. The van der Waals surface area contributed by atoms with Crippen LogP contribution in [0.15, 0.2) is 24.7 Å². The molecule has 0 aliphatic heterocycles. The molecule has 2 amide bonds. The Kier molecular flexibility index (Phi) is 4.94. The van der Waals surface area contributed by atoms with Crippen molar-refractivity contribution >= 4 is 23.3 Å². The fraction of sp³-hybridized carbons (Fsp3) is 0.308. The molecule has 2 aromatic rings. The number of nitrogens with one attached hydrogen (secondary N) is 3. The average Bonchev–Trinajstić information content (AvgIpc) is 3.07. The highest BCUT2D eigenvalue weighted by Crippen LogP contribution is 2.14. The van der Waals surface area contributed by atoms with Gasteiger partial charge < -0.3 is 20.7 Å². The van der Waals surface area contributed by atoms with E-state index in [4.69, 9.17) is 5.11 Å². The molecule has 1 atom stereocenters. The Labute approximate surface area is 125 Å². The first kappa shape index (κ1) is 15.0. The van der Waals surface area contributed by atoms with E-state index in [0.29, 0.717) is 12.2 Å². The molecule has 0 spiro atoms. The number of H-pyrrole nitrogens is 1. The first-order valence-electron chi connectivity index (χ1n) is 6.34. The number of aromatic nitrogens is 2. The highest BCUT2D eigenvalue weighted by Gasteiger charge is 2.20. The van der Waals surface area contributed by atoms with Gasteiger partial charge in [0.25, 0.3) is 0 Å². The average molecular weight is 308 g/mol. The molecule has 0 fully saturated rings. The molecule has 8 heteroatoms. The molecule has 0 aromatic carbocycles. The van der Waals surface area contributed by atoms with Crippen LogP contribution in [-0.4, -0.2) is 33.1 Å². The minimum atomic E-state index is -1.09. The van der Waals surface area contributed by atoms with E-state index >= 15 is 0 Å². The second kappa shape index (κ2) is 6.89.